The molecule has 0 amide bonds. The largest absolute Gasteiger partial charge is 0.496 e. The van der Waals surface area contributed by atoms with E-state index in [1.807, 2.05) is 25.3 Å². The minimum absolute atomic E-state index is 0.839. The van der Waals surface area contributed by atoms with Gasteiger partial charge in [0, 0.05) is 23.5 Å². The first-order valence-electron chi connectivity index (χ1n) is 6.66. The molecule has 2 aromatic heterocycles. The molecular formula is C16H16N4O. The highest BCUT2D eigenvalue weighted by atomic mass is 16.5. The van der Waals surface area contributed by atoms with Gasteiger partial charge in [0.15, 0.2) is 0 Å². The topological polar surface area (TPSA) is 63.7 Å². The number of hydrogen-bond acceptors (Lipinski definition) is 4. The number of nitrogens with one attached hydrogen (secondary N) is 1. The fourth-order valence-corrected chi connectivity index (χ4v) is 2.33. The molecule has 2 heterocycles. The maximum Gasteiger partial charge on any atom is 0.122 e. The van der Waals surface area contributed by atoms with Crippen LogP contribution in [0.4, 0.5) is 0 Å². The molecule has 0 unspecified atom stereocenters. The molecule has 5 heteroatoms. The highest BCUT2D eigenvalue weighted by molar-refractivity contribution is 5.79. The molecule has 0 bridgehead atoms. The molecule has 0 spiro atoms. The molecule has 1 aromatic carbocycles. The molecule has 106 valence electrons. The van der Waals surface area contributed by atoms with Gasteiger partial charge in [0.2, 0.25) is 0 Å². The molecular weight excluding hydrogens is 264 g/mol. The second-order valence-electron chi connectivity index (χ2n) is 4.86. The zero-order chi connectivity index (χ0) is 14.8. The minimum atomic E-state index is 0.839. The third-order valence-corrected chi connectivity index (χ3v) is 3.61. The summed E-state index contributed by atoms with van der Waals surface area (Å²) in [6.07, 6.45) is 5.10. The summed E-state index contributed by atoms with van der Waals surface area (Å²) >= 11 is 0. The van der Waals surface area contributed by atoms with E-state index in [2.05, 4.69) is 33.2 Å². The van der Waals surface area contributed by atoms with Crippen LogP contribution in [0.15, 0.2) is 36.9 Å². The number of benzene rings is 1. The maximum atomic E-state index is 5.45. The summed E-state index contributed by atoms with van der Waals surface area (Å²) in [4.78, 5) is 8.24. The number of aromatic amines is 1. The van der Waals surface area contributed by atoms with Gasteiger partial charge in [-0.3, -0.25) is 5.10 Å². The summed E-state index contributed by atoms with van der Waals surface area (Å²) in [5.41, 5.74) is 5.95. The molecule has 3 rings (SSSR count). The van der Waals surface area contributed by atoms with Crippen LogP contribution < -0.4 is 4.74 Å². The summed E-state index contributed by atoms with van der Waals surface area (Å²) in [5, 5.41) is 7.28. The molecule has 1 N–H and O–H groups in total. The van der Waals surface area contributed by atoms with Crippen molar-refractivity contribution in [2.24, 2.45) is 0 Å². The monoisotopic (exact) mass is 280 g/mol. The zero-order valence-corrected chi connectivity index (χ0v) is 12.2. The van der Waals surface area contributed by atoms with Crippen LogP contribution >= 0.6 is 0 Å². The van der Waals surface area contributed by atoms with Gasteiger partial charge in [0.05, 0.1) is 12.8 Å². The van der Waals surface area contributed by atoms with Gasteiger partial charge in [-0.2, -0.15) is 5.10 Å². The quantitative estimate of drug-likeness (QED) is 0.800. The average Bonchev–Trinajstić information content (AvgIpc) is 3.00. The highest BCUT2D eigenvalue weighted by Gasteiger charge is 2.14. The van der Waals surface area contributed by atoms with E-state index in [0.717, 1.165) is 33.8 Å². The van der Waals surface area contributed by atoms with Crippen molar-refractivity contribution in [3.63, 3.8) is 0 Å². The summed E-state index contributed by atoms with van der Waals surface area (Å²) in [6.45, 7) is 4.12. The van der Waals surface area contributed by atoms with Gasteiger partial charge in [0.25, 0.3) is 0 Å². The predicted octanol–water partition coefficient (Wildman–Crippen LogP) is 3.16. The van der Waals surface area contributed by atoms with E-state index in [1.165, 1.54) is 11.9 Å². The smallest absolute Gasteiger partial charge is 0.122 e. The molecule has 21 heavy (non-hydrogen) atoms. The first kappa shape index (κ1) is 13.3. The Morgan fingerprint density at radius 3 is 2.76 bits per heavy atom. The number of ether oxygens (including phenoxy) is 1. The van der Waals surface area contributed by atoms with Crippen molar-refractivity contribution < 1.29 is 4.74 Å². The molecule has 0 aliphatic rings. The van der Waals surface area contributed by atoms with Crippen LogP contribution in [-0.4, -0.2) is 27.3 Å². The fraction of sp³-hybridized carbons (Fsp3) is 0.188. The van der Waals surface area contributed by atoms with Crippen LogP contribution in [0.25, 0.3) is 22.5 Å². The summed E-state index contributed by atoms with van der Waals surface area (Å²) in [5.74, 6) is 0.863. The van der Waals surface area contributed by atoms with Gasteiger partial charge < -0.3 is 4.74 Å². The lowest BCUT2D eigenvalue weighted by Crippen LogP contribution is -1.93. The van der Waals surface area contributed by atoms with E-state index in [-0.39, 0.29) is 0 Å². The predicted molar refractivity (Wildman–Crippen MR) is 81.1 cm³/mol. The van der Waals surface area contributed by atoms with Crippen molar-refractivity contribution in [3.8, 4) is 28.3 Å². The third kappa shape index (κ3) is 2.38. The van der Waals surface area contributed by atoms with Crippen LogP contribution in [0.3, 0.4) is 0 Å². The second-order valence-corrected chi connectivity index (χ2v) is 4.86. The van der Waals surface area contributed by atoms with Gasteiger partial charge in [-0.25, -0.2) is 9.97 Å². The van der Waals surface area contributed by atoms with E-state index in [0.29, 0.717) is 0 Å². The highest BCUT2D eigenvalue weighted by Crippen LogP contribution is 2.33. The lowest BCUT2D eigenvalue weighted by atomic mass is 10.00. The minimum Gasteiger partial charge on any atom is -0.496 e. The normalized spacial score (nSPS) is 10.6. The third-order valence-electron chi connectivity index (χ3n) is 3.61. The Hall–Kier alpha value is -2.69. The summed E-state index contributed by atoms with van der Waals surface area (Å²) in [7, 11) is 1.68. The molecule has 3 aromatic rings. The molecule has 0 aliphatic heterocycles. The van der Waals surface area contributed by atoms with Gasteiger partial charge >= 0.3 is 0 Å². The van der Waals surface area contributed by atoms with Crippen LogP contribution in [0.2, 0.25) is 0 Å². The first-order chi connectivity index (χ1) is 10.2. The number of rotatable bonds is 3. The Bertz CT molecular complexity index is 765. The molecule has 0 aliphatic carbocycles. The lowest BCUT2D eigenvalue weighted by Gasteiger charge is -2.10. The SMILES string of the molecule is COc1cc(-c2n[nH]cc2-c2ccncn2)cc(C)c1C. The van der Waals surface area contributed by atoms with E-state index in [9.17, 15) is 0 Å². The van der Waals surface area contributed by atoms with Gasteiger partial charge in [0.1, 0.15) is 17.8 Å². The second kappa shape index (κ2) is 5.36. The van der Waals surface area contributed by atoms with Crippen LogP contribution in [0.1, 0.15) is 11.1 Å². The molecule has 0 saturated carbocycles. The van der Waals surface area contributed by atoms with Crippen molar-refractivity contribution in [1.29, 1.82) is 0 Å². The van der Waals surface area contributed by atoms with Gasteiger partial charge in [-0.1, -0.05) is 0 Å². The number of H-pyrrole nitrogens is 1. The van der Waals surface area contributed by atoms with Crippen molar-refractivity contribution in [3.05, 3.63) is 48.0 Å². The standard InChI is InChI=1S/C16H16N4O/c1-10-6-12(7-15(21-3)11(10)2)16-13(8-19-20-16)14-4-5-17-9-18-14/h4-9H,1-3H3,(H,19,20). The fourth-order valence-electron chi connectivity index (χ4n) is 2.33. The lowest BCUT2D eigenvalue weighted by molar-refractivity contribution is 0.411. The van der Waals surface area contributed by atoms with Gasteiger partial charge in [-0.15, -0.1) is 0 Å². The average molecular weight is 280 g/mol. The molecule has 0 saturated heterocycles. The number of nitrogens with zero attached hydrogens (tertiary/aromatic N) is 3. The van der Waals surface area contributed by atoms with E-state index in [1.54, 1.807) is 13.3 Å². The molecule has 0 atom stereocenters. The number of methoxy groups -OCH3 is 1. The van der Waals surface area contributed by atoms with Crippen molar-refractivity contribution in [2.75, 3.05) is 7.11 Å². The Morgan fingerprint density at radius 2 is 2.05 bits per heavy atom. The Kier molecular flexibility index (Phi) is 3.39. The summed E-state index contributed by atoms with van der Waals surface area (Å²) in [6, 6.07) is 5.98. The number of aryl methyl sites for hydroxylation is 1. The molecule has 0 fully saturated rings. The van der Waals surface area contributed by atoms with Crippen LogP contribution in [0.5, 0.6) is 5.75 Å². The van der Waals surface area contributed by atoms with E-state index >= 15 is 0 Å². The van der Waals surface area contributed by atoms with Crippen LogP contribution in [0, 0.1) is 13.8 Å². The van der Waals surface area contributed by atoms with Crippen molar-refractivity contribution >= 4 is 0 Å². The maximum absolute atomic E-state index is 5.45. The van der Waals surface area contributed by atoms with Crippen LogP contribution in [-0.2, 0) is 0 Å². The molecule has 0 radical (unpaired) electrons. The van der Waals surface area contributed by atoms with Crippen molar-refractivity contribution in [1.82, 2.24) is 20.2 Å². The Morgan fingerprint density at radius 1 is 1.19 bits per heavy atom. The van der Waals surface area contributed by atoms with E-state index < -0.39 is 0 Å². The first-order valence-corrected chi connectivity index (χ1v) is 6.66. The zero-order valence-electron chi connectivity index (χ0n) is 12.2. The molecule has 5 nitrogen and oxygen atoms in total. The Balaban J connectivity index is 2.15. The number of hydrogen-bond donors (Lipinski definition) is 1. The Labute approximate surface area is 123 Å². The number of aromatic nitrogens is 4. The van der Waals surface area contributed by atoms with Crippen molar-refractivity contribution in [2.45, 2.75) is 13.8 Å². The summed E-state index contributed by atoms with van der Waals surface area (Å²) < 4.78 is 5.45. The van der Waals surface area contributed by atoms with Gasteiger partial charge in [-0.05, 0) is 43.2 Å². The van der Waals surface area contributed by atoms with E-state index in [4.69, 9.17) is 4.74 Å².